The predicted molar refractivity (Wildman–Crippen MR) is 88.5 cm³/mol. The van der Waals surface area contributed by atoms with Crippen molar-refractivity contribution in [3.8, 4) is 0 Å². The van der Waals surface area contributed by atoms with E-state index in [2.05, 4.69) is 19.2 Å². The van der Waals surface area contributed by atoms with E-state index in [1.54, 1.807) is 0 Å². The van der Waals surface area contributed by atoms with E-state index >= 15 is 0 Å². The SMILES string of the molecule is CCCNC1CC(OC2CCCC(CC)C2)C12CCCC2. The zero-order valence-electron chi connectivity index (χ0n) is 14.2. The Morgan fingerprint density at radius 2 is 1.86 bits per heavy atom. The van der Waals surface area contributed by atoms with Crippen LogP contribution in [-0.4, -0.2) is 24.8 Å². The first kappa shape index (κ1) is 15.8. The van der Waals surface area contributed by atoms with Gasteiger partial charge in [0.05, 0.1) is 12.2 Å². The van der Waals surface area contributed by atoms with Crippen LogP contribution in [0.2, 0.25) is 0 Å². The summed E-state index contributed by atoms with van der Waals surface area (Å²) in [7, 11) is 0. The lowest BCUT2D eigenvalue weighted by molar-refractivity contribution is -0.169. The largest absolute Gasteiger partial charge is 0.374 e. The molecule has 0 heterocycles. The van der Waals surface area contributed by atoms with Crippen LogP contribution in [0.4, 0.5) is 0 Å². The van der Waals surface area contributed by atoms with Gasteiger partial charge in [0.25, 0.3) is 0 Å². The van der Waals surface area contributed by atoms with Gasteiger partial charge in [0.2, 0.25) is 0 Å². The normalized spacial score (nSPS) is 38.6. The van der Waals surface area contributed by atoms with Crippen LogP contribution >= 0.6 is 0 Å². The van der Waals surface area contributed by atoms with Gasteiger partial charge >= 0.3 is 0 Å². The Morgan fingerprint density at radius 1 is 1.05 bits per heavy atom. The molecule has 0 aromatic rings. The topological polar surface area (TPSA) is 21.3 Å². The lowest BCUT2D eigenvalue weighted by Gasteiger charge is -2.55. The van der Waals surface area contributed by atoms with Crippen LogP contribution in [0.3, 0.4) is 0 Å². The Labute approximate surface area is 131 Å². The average Bonchev–Trinajstić information content (AvgIpc) is 3.03. The molecule has 0 saturated heterocycles. The van der Waals surface area contributed by atoms with E-state index in [0.29, 0.717) is 17.6 Å². The fraction of sp³-hybridized carbons (Fsp3) is 1.00. The summed E-state index contributed by atoms with van der Waals surface area (Å²) in [6.45, 7) is 5.80. The van der Waals surface area contributed by atoms with Crippen LogP contribution in [0.1, 0.15) is 84.5 Å². The quantitative estimate of drug-likeness (QED) is 0.768. The third-order valence-corrected chi connectivity index (χ3v) is 6.63. The second kappa shape index (κ2) is 7.00. The molecule has 1 spiro atoms. The Balaban J connectivity index is 1.55. The van der Waals surface area contributed by atoms with Crippen LogP contribution in [0.5, 0.6) is 0 Å². The molecule has 0 aromatic heterocycles. The van der Waals surface area contributed by atoms with Crippen LogP contribution in [-0.2, 0) is 4.74 Å². The molecule has 3 aliphatic rings. The Kier molecular flexibility index (Phi) is 5.27. The van der Waals surface area contributed by atoms with Gasteiger partial charge in [-0.3, -0.25) is 0 Å². The highest BCUT2D eigenvalue weighted by atomic mass is 16.5. The number of ether oxygens (including phenoxy) is 1. The molecule has 3 aliphatic carbocycles. The molecule has 122 valence electrons. The molecule has 2 nitrogen and oxygen atoms in total. The second-order valence-corrected chi connectivity index (χ2v) is 7.87. The van der Waals surface area contributed by atoms with Gasteiger partial charge in [-0.05, 0) is 51.0 Å². The summed E-state index contributed by atoms with van der Waals surface area (Å²) in [6.07, 6.45) is 16.1. The summed E-state index contributed by atoms with van der Waals surface area (Å²) in [4.78, 5) is 0. The zero-order valence-corrected chi connectivity index (χ0v) is 14.2. The lowest BCUT2D eigenvalue weighted by atomic mass is 9.60. The highest BCUT2D eigenvalue weighted by Crippen LogP contribution is 2.55. The Hall–Kier alpha value is -0.0800. The van der Waals surface area contributed by atoms with Gasteiger partial charge in [0.1, 0.15) is 0 Å². The minimum absolute atomic E-state index is 0.508. The van der Waals surface area contributed by atoms with Crippen molar-refractivity contribution in [3.05, 3.63) is 0 Å². The van der Waals surface area contributed by atoms with E-state index in [1.807, 2.05) is 0 Å². The third-order valence-electron chi connectivity index (χ3n) is 6.63. The number of rotatable bonds is 6. The van der Waals surface area contributed by atoms with Crippen molar-refractivity contribution in [1.82, 2.24) is 5.32 Å². The van der Waals surface area contributed by atoms with Gasteiger partial charge < -0.3 is 10.1 Å². The molecule has 3 saturated carbocycles. The van der Waals surface area contributed by atoms with Crippen LogP contribution in [0.25, 0.3) is 0 Å². The molecular weight excluding hydrogens is 258 g/mol. The summed E-state index contributed by atoms with van der Waals surface area (Å²) in [6, 6.07) is 0.746. The first-order valence-corrected chi connectivity index (χ1v) is 9.67. The Morgan fingerprint density at radius 3 is 2.57 bits per heavy atom. The maximum absolute atomic E-state index is 6.67. The molecular formula is C19H35NO. The van der Waals surface area contributed by atoms with E-state index in [0.717, 1.165) is 12.0 Å². The summed E-state index contributed by atoms with van der Waals surface area (Å²) >= 11 is 0. The van der Waals surface area contributed by atoms with Gasteiger partial charge in [0.15, 0.2) is 0 Å². The highest BCUT2D eigenvalue weighted by molar-refractivity contribution is 5.10. The highest BCUT2D eigenvalue weighted by Gasteiger charge is 2.56. The smallest absolute Gasteiger partial charge is 0.0665 e. The molecule has 4 atom stereocenters. The molecule has 3 rings (SSSR count). The van der Waals surface area contributed by atoms with Crippen LogP contribution in [0.15, 0.2) is 0 Å². The van der Waals surface area contributed by atoms with E-state index in [4.69, 9.17) is 4.74 Å². The molecule has 0 radical (unpaired) electrons. The van der Waals surface area contributed by atoms with Gasteiger partial charge in [-0.2, -0.15) is 0 Å². The summed E-state index contributed by atoms with van der Waals surface area (Å²) < 4.78 is 6.67. The van der Waals surface area contributed by atoms with Crippen molar-refractivity contribution in [2.75, 3.05) is 6.54 Å². The van der Waals surface area contributed by atoms with Crippen molar-refractivity contribution < 1.29 is 4.74 Å². The molecule has 1 N–H and O–H groups in total. The van der Waals surface area contributed by atoms with Crippen molar-refractivity contribution in [3.63, 3.8) is 0 Å². The van der Waals surface area contributed by atoms with E-state index in [9.17, 15) is 0 Å². The summed E-state index contributed by atoms with van der Waals surface area (Å²) in [5.74, 6) is 0.928. The number of nitrogens with one attached hydrogen (secondary N) is 1. The number of hydrogen-bond acceptors (Lipinski definition) is 2. The Bertz CT molecular complexity index is 324. The zero-order chi connectivity index (χ0) is 14.7. The first-order valence-electron chi connectivity index (χ1n) is 9.67. The van der Waals surface area contributed by atoms with Crippen LogP contribution < -0.4 is 5.32 Å². The third kappa shape index (κ3) is 3.17. The lowest BCUT2D eigenvalue weighted by Crippen LogP contribution is -2.63. The maximum atomic E-state index is 6.67. The van der Waals surface area contributed by atoms with E-state index < -0.39 is 0 Å². The second-order valence-electron chi connectivity index (χ2n) is 7.87. The summed E-state index contributed by atoms with van der Waals surface area (Å²) in [5, 5.41) is 3.81. The fourth-order valence-electron chi connectivity index (χ4n) is 5.22. The van der Waals surface area contributed by atoms with Crippen molar-refractivity contribution in [2.45, 2.75) is 103 Å². The minimum Gasteiger partial charge on any atom is -0.374 e. The molecule has 2 heteroatoms. The predicted octanol–water partition coefficient (Wildman–Crippen LogP) is 4.67. The maximum Gasteiger partial charge on any atom is 0.0665 e. The molecule has 21 heavy (non-hydrogen) atoms. The molecule has 0 aliphatic heterocycles. The first-order chi connectivity index (χ1) is 10.3. The molecule has 0 bridgehead atoms. The number of hydrogen-bond donors (Lipinski definition) is 1. The molecule has 0 aromatic carbocycles. The van der Waals surface area contributed by atoms with Gasteiger partial charge in [-0.15, -0.1) is 0 Å². The molecule has 4 unspecified atom stereocenters. The van der Waals surface area contributed by atoms with Gasteiger partial charge in [-0.1, -0.05) is 46.0 Å². The van der Waals surface area contributed by atoms with Crippen molar-refractivity contribution in [1.29, 1.82) is 0 Å². The standard InChI is InChI=1S/C19H35NO/c1-3-12-20-17-14-18(19(17)10-5-6-11-19)21-16-9-7-8-15(4-2)13-16/h15-18,20H,3-14H2,1-2H3. The molecule has 0 amide bonds. The van der Waals surface area contributed by atoms with Crippen LogP contribution in [0, 0.1) is 11.3 Å². The monoisotopic (exact) mass is 293 g/mol. The van der Waals surface area contributed by atoms with E-state index in [-0.39, 0.29) is 0 Å². The minimum atomic E-state index is 0.508. The van der Waals surface area contributed by atoms with Gasteiger partial charge in [0, 0.05) is 11.5 Å². The summed E-state index contributed by atoms with van der Waals surface area (Å²) in [5.41, 5.74) is 0.508. The molecule has 3 fully saturated rings. The van der Waals surface area contributed by atoms with Gasteiger partial charge in [-0.25, -0.2) is 0 Å². The van der Waals surface area contributed by atoms with Crippen molar-refractivity contribution >= 4 is 0 Å². The average molecular weight is 293 g/mol. The fourth-order valence-corrected chi connectivity index (χ4v) is 5.22. The van der Waals surface area contributed by atoms with E-state index in [1.165, 1.54) is 77.2 Å². The van der Waals surface area contributed by atoms with Crippen molar-refractivity contribution in [2.24, 2.45) is 11.3 Å².